The van der Waals surface area contributed by atoms with Gasteiger partial charge in [0.15, 0.2) is 17.6 Å². The number of carbonyl (C=O) groups is 2. The van der Waals surface area contributed by atoms with Crippen molar-refractivity contribution in [2.24, 2.45) is 0 Å². The summed E-state index contributed by atoms with van der Waals surface area (Å²) in [6, 6.07) is 7.46. The van der Waals surface area contributed by atoms with Crippen molar-refractivity contribution < 1.29 is 33.1 Å². The van der Waals surface area contributed by atoms with Crippen molar-refractivity contribution in [3.63, 3.8) is 0 Å². The van der Waals surface area contributed by atoms with Gasteiger partial charge in [-0.25, -0.2) is 4.79 Å². The number of amides is 1. The highest BCUT2D eigenvalue weighted by Crippen LogP contribution is 2.31. The quantitative estimate of drug-likeness (QED) is 0.437. The first-order chi connectivity index (χ1) is 13.3. The highest BCUT2D eigenvalue weighted by Gasteiger charge is 2.24. The van der Waals surface area contributed by atoms with Crippen LogP contribution in [-0.2, 0) is 9.53 Å². The predicted octanol–water partition coefficient (Wildman–Crippen LogP) is 2.94. The second-order valence-electron chi connectivity index (χ2n) is 5.50. The second-order valence-corrected chi connectivity index (χ2v) is 5.50. The van der Waals surface area contributed by atoms with Gasteiger partial charge in [0.1, 0.15) is 5.56 Å². The van der Waals surface area contributed by atoms with Crippen molar-refractivity contribution in [1.29, 1.82) is 0 Å². The molecule has 1 amide bonds. The van der Waals surface area contributed by atoms with E-state index in [4.69, 9.17) is 14.2 Å². The van der Waals surface area contributed by atoms with Crippen molar-refractivity contribution in [2.45, 2.75) is 13.0 Å². The van der Waals surface area contributed by atoms with Crippen LogP contribution in [0.15, 0.2) is 36.4 Å². The molecule has 28 heavy (non-hydrogen) atoms. The van der Waals surface area contributed by atoms with Gasteiger partial charge in [-0.15, -0.1) is 0 Å². The molecule has 0 saturated carbocycles. The fourth-order valence-corrected chi connectivity index (χ4v) is 2.30. The summed E-state index contributed by atoms with van der Waals surface area (Å²) in [4.78, 5) is 34.4. The fourth-order valence-electron chi connectivity index (χ4n) is 2.30. The molecule has 0 aromatic heterocycles. The number of nitrogens with one attached hydrogen (secondary N) is 1. The number of anilines is 1. The van der Waals surface area contributed by atoms with Gasteiger partial charge in [-0.3, -0.25) is 14.9 Å². The average Bonchev–Trinajstić information content (AvgIpc) is 2.68. The number of nitro groups is 1. The number of nitro benzene ring substituents is 1. The molecule has 0 fully saturated rings. The van der Waals surface area contributed by atoms with Gasteiger partial charge in [0, 0.05) is 11.8 Å². The fraction of sp³-hybridized carbons (Fsp3) is 0.222. The second kappa shape index (κ2) is 8.80. The van der Waals surface area contributed by atoms with E-state index in [0.717, 1.165) is 18.2 Å². The number of halogens is 1. The van der Waals surface area contributed by atoms with E-state index in [1.54, 1.807) is 12.1 Å². The zero-order valence-corrected chi connectivity index (χ0v) is 15.2. The van der Waals surface area contributed by atoms with Gasteiger partial charge in [0.2, 0.25) is 5.82 Å². The SMILES string of the molecule is COc1cccc(C(=O)O[C@H](C)C(=O)Nc2ccc(F)c([N+](=O)[O-])c2)c1OC. The summed E-state index contributed by atoms with van der Waals surface area (Å²) in [5.74, 6) is -2.16. The summed E-state index contributed by atoms with van der Waals surface area (Å²) < 4.78 is 28.7. The number of nitrogens with zero attached hydrogens (tertiary/aromatic N) is 1. The van der Waals surface area contributed by atoms with Gasteiger partial charge in [0.25, 0.3) is 5.91 Å². The summed E-state index contributed by atoms with van der Waals surface area (Å²) in [6.07, 6.45) is -1.24. The van der Waals surface area contributed by atoms with Gasteiger partial charge < -0.3 is 19.5 Å². The highest BCUT2D eigenvalue weighted by atomic mass is 19.1. The Bertz CT molecular complexity index is 917. The van der Waals surface area contributed by atoms with Crippen LogP contribution >= 0.6 is 0 Å². The van der Waals surface area contributed by atoms with E-state index in [-0.39, 0.29) is 17.0 Å². The minimum absolute atomic E-state index is 0.0139. The summed E-state index contributed by atoms with van der Waals surface area (Å²) >= 11 is 0. The van der Waals surface area contributed by atoms with Crippen LogP contribution < -0.4 is 14.8 Å². The molecule has 1 atom stereocenters. The number of para-hydroxylation sites is 1. The van der Waals surface area contributed by atoms with Gasteiger partial charge in [-0.05, 0) is 31.2 Å². The lowest BCUT2D eigenvalue weighted by Crippen LogP contribution is -2.30. The number of methoxy groups -OCH3 is 2. The number of carbonyl (C=O) groups excluding carboxylic acids is 2. The Morgan fingerprint density at radius 2 is 1.89 bits per heavy atom. The lowest BCUT2D eigenvalue weighted by molar-refractivity contribution is -0.387. The minimum Gasteiger partial charge on any atom is -0.493 e. The summed E-state index contributed by atoms with van der Waals surface area (Å²) in [5.41, 5.74) is -0.748. The van der Waals surface area contributed by atoms with Gasteiger partial charge >= 0.3 is 11.7 Å². The first kappa shape index (κ1) is 20.6. The maximum absolute atomic E-state index is 13.4. The van der Waals surface area contributed by atoms with Gasteiger partial charge in [-0.1, -0.05) is 6.07 Å². The average molecular weight is 392 g/mol. The first-order valence-corrected chi connectivity index (χ1v) is 7.95. The zero-order valence-electron chi connectivity index (χ0n) is 15.2. The van der Waals surface area contributed by atoms with Crippen LogP contribution in [0, 0.1) is 15.9 Å². The molecule has 148 valence electrons. The molecule has 2 aromatic rings. The van der Waals surface area contributed by atoms with Gasteiger partial charge in [-0.2, -0.15) is 4.39 Å². The lowest BCUT2D eigenvalue weighted by Gasteiger charge is -2.16. The van der Waals surface area contributed by atoms with Crippen LogP contribution in [0.3, 0.4) is 0 Å². The van der Waals surface area contributed by atoms with Crippen molar-refractivity contribution in [2.75, 3.05) is 19.5 Å². The molecular weight excluding hydrogens is 375 g/mol. The topological polar surface area (TPSA) is 117 Å². The number of rotatable bonds is 7. The summed E-state index contributed by atoms with van der Waals surface area (Å²) in [5, 5.41) is 13.1. The van der Waals surface area contributed by atoms with E-state index in [1.807, 2.05) is 0 Å². The van der Waals surface area contributed by atoms with Crippen LogP contribution in [0.1, 0.15) is 17.3 Å². The van der Waals surface area contributed by atoms with E-state index < -0.39 is 34.4 Å². The monoisotopic (exact) mass is 392 g/mol. The van der Waals surface area contributed by atoms with E-state index >= 15 is 0 Å². The van der Waals surface area contributed by atoms with Crippen LogP contribution in [0.5, 0.6) is 11.5 Å². The highest BCUT2D eigenvalue weighted by molar-refractivity contribution is 5.98. The number of ether oxygens (including phenoxy) is 3. The molecule has 0 aliphatic carbocycles. The summed E-state index contributed by atoms with van der Waals surface area (Å²) in [6.45, 7) is 1.32. The third-order valence-electron chi connectivity index (χ3n) is 3.69. The Kier molecular flexibility index (Phi) is 6.48. The Hall–Kier alpha value is -3.69. The number of benzene rings is 2. The predicted molar refractivity (Wildman–Crippen MR) is 96.1 cm³/mol. The first-order valence-electron chi connectivity index (χ1n) is 7.95. The van der Waals surface area contributed by atoms with Gasteiger partial charge in [0.05, 0.1) is 19.1 Å². The van der Waals surface area contributed by atoms with E-state index in [2.05, 4.69) is 5.32 Å². The van der Waals surface area contributed by atoms with Crippen molar-refractivity contribution >= 4 is 23.3 Å². The van der Waals surface area contributed by atoms with E-state index in [0.29, 0.717) is 5.75 Å². The molecule has 0 radical (unpaired) electrons. The van der Waals surface area contributed by atoms with Crippen LogP contribution in [0.4, 0.5) is 15.8 Å². The largest absolute Gasteiger partial charge is 0.493 e. The minimum atomic E-state index is -1.24. The normalized spacial score (nSPS) is 11.3. The molecule has 0 bridgehead atoms. The molecule has 9 nitrogen and oxygen atoms in total. The third-order valence-corrected chi connectivity index (χ3v) is 3.69. The molecule has 0 saturated heterocycles. The van der Waals surface area contributed by atoms with Crippen LogP contribution in [0.25, 0.3) is 0 Å². The maximum atomic E-state index is 13.4. The molecular formula is C18H17FN2O7. The Balaban J connectivity index is 2.12. The molecule has 1 N–H and O–H groups in total. The van der Waals surface area contributed by atoms with Crippen molar-refractivity contribution in [3.8, 4) is 11.5 Å². The standard InChI is InChI=1S/C18H17FN2O7/c1-10(17(22)20-11-7-8-13(19)14(9-11)21(24)25)28-18(23)12-5-4-6-15(26-2)16(12)27-3/h4-10H,1-3H3,(H,20,22)/t10-/m1/s1. The molecule has 2 aromatic carbocycles. The van der Waals surface area contributed by atoms with E-state index in [1.165, 1.54) is 27.2 Å². The van der Waals surface area contributed by atoms with Crippen molar-refractivity contribution in [1.82, 2.24) is 0 Å². The zero-order chi connectivity index (χ0) is 20.8. The number of hydrogen-bond acceptors (Lipinski definition) is 7. The molecule has 2 rings (SSSR count). The Labute approximate surface area is 159 Å². The lowest BCUT2D eigenvalue weighted by atomic mass is 10.2. The molecule has 0 aliphatic rings. The maximum Gasteiger partial charge on any atom is 0.342 e. The molecule has 0 unspecified atom stereocenters. The Morgan fingerprint density at radius 3 is 2.50 bits per heavy atom. The van der Waals surface area contributed by atoms with Crippen molar-refractivity contribution in [3.05, 3.63) is 57.9 Å². The van der Waals surface area contributed by atoms with E-state index in [9.17, 15) is 24.1 Å². The number of esters is 1. The molecule has 10 heteroatoms. The third kappa shape index (κ3) is 4.53. The van der Waals surface area contributed by atoms with Crippen LogP contribution in [-0.4, -0.2) is 37.1 Å². The Morgan fingerprint density at radius 1 is 1.18 bits per heavy atom. The molecule has 0 aliphatic heterocycles. The summed E-state index contributed by atoms with van der Waals surface area (Å²) in [7, 11) is 2.76. The smallest absolute Gasteiger partial charge is 0.342 e. The number of hydrogen-bond donors (Lipinski definition) is 1. The molecule has 0 heterocycles. The van der Waals surface area contributed by atoms with Crippen LogP contribution in [0.2, 0.25) is 0 Å². The molecule has 0 spiro atoms.